The Hall–Kier alpha value is -4.16. The molecule has 0 atom stereocenters. The van der Waals surface area contributed by atoms with Gasteiger partial charge in [-0.3, -0.25) is 0 Å². The molecule has 0 heteroatoms. The molecule has 0 unspecified atom stereocenters. The molecule has 0 fully saturated rings. The fourth-order valence-electron chi connectivity index (χ4n) is 6.63. The minimum absolute atomic E-state index is 0.425. The second-order valence-electron chi connectivity index (χ2n) is 9.61. The maximum Gasteiger partial charge on any atom is 0.0623 e. The van der Waals surface area contributed by atoms with Crippen LogP contribution in [0, 0.1) is 0 Å². The van der Waals surface area contributed by atoms with Crippen molar-refractivity contribution in [2.75, 3.05) is 0 Å². The maximum absolute atomic E-state index is 2.37. The molecule has 0 aromatic heterocycles. The SMILES string of the molecule is C1=CCC(C(C2=CC=CC2)(c2ccccc2)C(c2ccccc2)(c2ccccc2)c2ccccc2)=C1. The van der Waals surface area contributed by atoms with Crippen molar-refractivity contribution in [2.45, 2.75) is 23.7 Å². The van der Waals surface area contributed by atoms with Crippen LogP contribution in [0.25, 0.3) is 0 Å². The molecule has 6 rings (SSSR count). The Bertz CT molecular complexity index is 1310. The van der Waals surface area contributed by atoms with Crippen molar-refractivity contribution in [3.63, 3.8) is 0 Å². The summed E-state index contributed by atoms with van der Waals surface area (Å²) in [5.41, 5.74) is 7.16. The van der Waals surface area contributed by atoms with Crippen LogP contribution in [0.15, 0.2) is 169 Å². The fraction of sp³-hybridized carbons (Fsp3) is 0.111. The Morgan fingerprint density at radius 3 is 0.944 bits per heavy atom. The smallest absolute Gasteiger partial charge is 0.0623 e. The van der Waals surface area contributed by atoms with E-state index in [0.29, 0.717) is 0 Å². The number of hydrogen-bond acceptors (Lipinski definition) is 0. The Kier molecular flexibility index (Phi) is 5.87. The van der Waals surface area contributed by atoms with Gasteiger partial charge < -0.3 is 0 Å². The molecule has 2 aliphatic carbocycles. The Balaban J connectivity index is 1.87. The van der Waals surface area contributed by atoms with Crippen LogP contribution in [0.1, 0.15) is 35.1 Å². The van der Waals surface area contributed by atoms with Gasteiger partial charge in [-0.25, -0.2) is 0 Å². The van der Waals surface area contributed by atoms with Gasteiger partial charge in [-0.1, -0.05) is 169 Å². The van der Waals surface area contributed by atoms with Crippen molar-refractivity contribution < 1.29 is 0 Å². The van der Waals surface area contributed by atoms with Gasteiger partial charge in [0, 0.05) is 0 Å². The van der Waals surface area contributed by atoms with Crippen molar-refractivity contribution in [3.05, 3.63) is 191 Å². The first-order valence-corrected chi connectivity index (χ1v) is 12.8. The van der Waals surface area contributed by atoms with Gasteiger partial charge >= 0.3 is 0 Å². The summed E-state index contributed by atoms with van der Waals surface area (Å²) < 4.78 is 0. The average molecular weight is 463 g/mol. The summed E-state index contributed by atoms with van der Waals surface area (Å²) in [6.07, 6.45) is 15.7. The highest BCUT2D eigenvalue weighted by Crippen LogP contribution is 2.62. The largest absolute Gasteiger partial charge is 0.0804 e. The molecule has 0 N–H and O–H groups in total. The highest BCUT2D eigenvalue weighted by Gasteiger charge is 2.59. The van der Waals surface area contributed by atoms with Gasteiger partial charge in [0.1, 0.15) is 0 Å². The molecule has 4 aromatic rings. The van der Waals surface area contributed by atoms with Gasteiger partial charge in [-0.15, -0.1) is 0 Å². The monoisotopic (exact) mass is 462 g/mol. The second kappa shape index (κ2) is 9.47. The van der Waals surface area contributed by atoms with Gasteiger partial charge in [0.25, 0.3) is 0 Å². The third-order valence-electron chi connectivity index (χ3n) is 7.90. The predicted molar refractivity (Wildman–Crippen MR) is 151 cm³/mol. The van der Waals surface area contributed by atoms with Crippen LogP contribution in [-0.4, -0.2) is 0 Å². The first kappa shape index (κ1) is 22.3. The van der Waals surface area contributed by atoms with Gasteiger partial charge in [0.15, 0.2) is 0 Å². The van der Waals surface area contributed by atoms with Gasteiger partial charge in [0.2, 0.25) is 0 Å². The molecular weight excluding hydrogens is 432 g/mol. The van der Waals surface area contributed by atoms with E-state index < -0.39 is 10.8 Å². The fourth-order valence-corrected chi connectivity index (χ4v) is 6.63. The highest BCUT2D eigenvalue weighted by molar-refractivity contribution is 5.68. The Morgan fingerprint density at radius 1 is 0.361 bits per heavy atom. The average Bonchev–Trinajstić information content (AvgIpc) is 3.70. The standard InChI is InChI=1S/C36H30/c1-5-17-29(18-6-1)35(30-19-7-2-8-20-30,31-21-9-3-10-22-31)36(33-25-13-14-26-33,34-27-15-16-28-34)32-23-11-4-12-24-32/h1-25,27H,26,28H2. The third kappa shape index (κ3) is 3.29. The van der Waals surface area contributed by atoms with E-state index in [9.17, 15) is 0 Å². The maximum atomic E-state index is 2.37. The molecule has 0 saturated carbocycles. The number of hydrogen-bond donors (Lipinski definition) is 0. The van der Waals surface area contributed by atoms with Crippen LogP contribution >= 0.6 is 0 Å². The molecular formula is C36H30. The van der Waals surface area contributed by atoms with E-state index in [0.717, 1.165) is 12.8 Å². The van der Waals surface area contributed by atoms with Crippen molar-refractivity contribution in [1.29, 1.82) is 0 Å². The highest BCUT2D eigenvalue weighted by atomic mass is 14.6. The van der Waals surface area contributed by atoms with Crippen LogP contribution in [0.4, 0.5) is 0 Å². The summed E-state index contributed by atoms with van der Waals surface area (Å²) in [5.74, 6) is 0. The molecule has 0 amide bonds. The molecule has 4 aromatic carbocycles. The lowest BCUT2D eigenvalue weighted by atomic mass is 9.46. The van der Waals surface area contributed by atoms with Crippen LogP contribution in [0.2, 0.25) is 0 Å². The zero-order valence-electron chi connectivity index (χ0n) is 20.4. The molecule has 2 aliphatic rings. The van der Waals surface area contributed by atoms with Crippen molar-refractivity contribution in [1.82, 2.24) is 0 Å². The van der Waals surface area contributed by atoms with Crippen LogP contribution in [0.5, 0.6) is 0 Å². The molecule has 0 heterocycles. The lowest BCUT2D eigenvalue weighted by Crippen LogP contribution is -2.53. The van der Waals surface area contributed by atoms with E-state index in [1.165, 1.54) is 33.4 Å². The van der Waals surface area contributed by atoms with E-state index in [4.69, 9.17) is 0 Å². The second-order valence-corrected chi connectivity index (χ2v) is 9.61. The number of rotatable bonds is 7. The van der Waals surface area contributed by atoms with Crippen LogP contribution in [-0.2, 0) is 10.8 Å². The summed E-state index contributed by atoms with van der Waals surface area (Å²) in [5, 5.41) is 0. The molecule has 174 valence electrons. The molecule has 0 spiro atoms. The lowest BCUT2D eigenvalue weighted by molar-refractivity contribution is 0.396. The molecule has 0 aliphatic heterocycles. The zero-order chi connectivity index (χ0) is 24.3. The quantitative estimate of drug-likeness (QED) is 0.241. The van der Waals surface area contributed by atoms with Gasteiger partial charge in [-0.05, 0) is 35.1 Å². The van der Waals surface area contributed by atoms with E-state index in [-0.39, 0.29) is 0 Å². The normalized spacial score (nSPS) is 15.1. The van der Waals surface area contributed by atoms with E-state index >= 15 is 0 Å². The molecule has 36 heavy (non-hydrogen) atoms. The van der Waals surface area contributed by atoms with Crippen molar-refractivity contribution in [3.8, 4) is 0 Å². The van der Waals surface area contributed by atoms with Crippen molar-refractivity contribution in [2.24, 2.45) is 0 Å². The topological polar surface area (TPSA) is 0 Å². The Morgan fingerprint density at radius 2 is 0.667 bits per heavy atom. The van der Waals surface area contributed by atoms with Crippen molar-refractivity contribution >= 4 is 0 Å². The molecule has 0 nitrogen and oxygen atoms in total. The summed E-state index contributed by atoms with van der Waals surface area (Å²) >= 11 is 0. The molecule has 0 bridgehead atoms. The van der Waals surface area contributed by atoms with E-state index in [1.807, 2.05) is 0 Å². The predicted octanol–water partition coefficient (Wildman–Crippen LogP) is 8.73. The summed E-state index contributed by atoms with van der Waals surface area (Å²) in [6, 6.07) is 44.6. The summed E-state index contributed by atoms with van der Waals surface area (Å²) in [4.78, 5) is 0. The third-order valence-corrected chi connectivity index (χ3v) is 7.90. The van der Waals surface area contributed by atoms with Gasteiger partial charge in [-0.2, -0.15) is 0 Å². The molecule has 0 saturated heterocycles. The first-order valence-electron chi connectivity index (χ1n) is 12.8. The minimum Gasteiger partial charge on any atom is -0.0804 e. The Labute approximate surface area is 214 Å². The minimum atomic E-state index is -0.492. The van der Waals surface area contributed by atoms with Gasteiger partial charge in [0.05, 0.1) is 10.8 Å². The zero-order valence-corrected chi connectivity index (χ0v) is 20.4. The number of allylic oxidation sites excluding steroid dienone is 8. The van der Waals surface area contributed by atoms with E-state index in [2.05, 4.69) is 158 Å². The summed E-state index contributed by atoms with van der Waals surface area (Å²) in [7, 11) is 0. The van der Waals surface area contributed by atoms with Crippen LogP contribution < -0.4 is 0 Å². The first-order chi connectivity index (χ1) is 17.9. The van der Waals surface area contributed by atoms with E-state index in [1.54, 1.807) is 0 Å². The number of benzene rings is 4. The lowest BCUT2D eigenvalue weighted by Gasteiger charge is -2.55. The summed E-state index contributed by atoms with van der Waals surface area (Å²) in [6.45, 7) is 0. The molecule has 0 radical (unpaired) electrons. The van der Waals surface area contributed by atoms with Crippen LogP contribution in [0.3, 0.4) is 0 Å².